The van der Waals surface area contributed by atoms with E-state index in [2.05, 4.69) is 4.72 Å². The molecule has 0 unspecified atom stereocenters. The largest absolute Gasteiger partial charge is 0.330 e. The van der Waals surface area contributed by atoms with Crippen LogP contribution in [0.4, 0.5) is 0 Å². The van der Waals surface area contributed by atoms with Crippen LogP contribution in [0.1, 0.15) is 12.5 Å². The van der Waals surface area contributed by atoms with Crippen molar-refractivity contribution in [2.24, 2.45) is 5.73 Å². The first kappa shape index (κ1) is 16.1. The second-order valence-electron chi connectivity index (χ2n) is 4.48. The Bertz CT molecular complexity index is 471. The predicted molar refractivity (Wildman–Crippen MR) is 77.6 cm³/mol. The van der Waals surface area contributed by atoms with Crippen molar-refractivity contribution in [1.82, 2.24) is 9.62 Å². The minimum atomic E-state index is -3.40. The Kier molecular flexibility index (Phi) is 6.44. The highest BCUT2D eigenvalue weighted by Crippen LogP contribution is 2.10. The standard InChI is InChI=1S/C13H23N3O2S/c1-3-16(2)11-10-15-19(17,18)13-6-4-12(5-7-13)8-9-14/h4-7,15H,3,8-11,14H2,1-2H3. The van der Waals surface area contributed by atoms with Crippen LogP contribution >= 0.6 is 0 Å². The molecular weight excluding hydrogens is 262 g/mol. The zero-order valence-corrected chi connectivity index (χ0v) is 12.4. The van der Waals surface area contributed by atoms with Gasteiger partial charge in [0.25, 0.3) is 0 Å². The molecule has 0 aliphatic carbocycles. The number of rotatable bonds is 8. The lowest BCUT2D eigenvalue weighted by atomic mass is 10.2. The third kappa shape index (κ3) is 5.28. The summed E-state index contributed by atoms with van der Waals surface area (Å²) < 4.78 is 26.6. The fraction of sp³-hybridized carbons (Fsp3) is 0.538. The SMILES string of the molecule is CCN(C)CCNS(=O)(=O)c1ccc(CCN)cc1. The van der Waals surface area contributed by atoms with Crippen molar-refractivity contribution in [3.63, 3.8) is 0 Å². The van der Waals surface area contributed by atoms with Gasteiger partial charge in [0, 0.05) is 13.1 Å². The molecule has 19 heavy (non-hydrogen) atoms. The summed E-state index contributed by atoms with van der Waals surface area (Å²) in [4.78, 5) is 2.35. The van der Waals surface area contributed by atoms with Crippen LogP contribution in [0.3, 0.4) is 0 Å². The number of hydrogen-bond donors (Lipinski definition) is 2. The summed E-state index contributed by atoms with van der Waals surface area (Å²) in [7, 11) is -1.45. The first-order chi connectivity index (χ1) is 8.99. The highest BCUT2D eigenvalue weighted by atomic mass is 32.2. The van der Waals surface area contributed by atoms with Crippen LogP contribution in [0.5, 0.6) is 0 Å². The quantitative estimate of drug-likeness (QED) is 0.726. The molecule has 1 aromatic carbocycles. The van der Waals surface area contributed by atoms with E-state index < -0.39 is 10.0 Å². The molecule has 0 atom stereocenters. The van der Waals surface area contributed by atoms with Gasteiger partial charge in [-0.05, 0) is 44.3 Å². The second kappa shape index (κ2) is 7.59. The Morgan fingerprint density at radius 2 is 1.89 bits per heavy atom. The number of likely N-dealkylation sites (N-methyl/N-ethyl adjacent to an activating group) is 1. The van der Waals surface area contributed by atoms with Crippen LogP contribution in [0.25, 0.3) is 0 Å². The summed E-state index contributed by atoms with van der Waals surface area (Å²) in [5.41, 5.74) is 6.50. The van der Waals surface area contributed by atoms with E-state index in [4.69, 9.17) is 5.73 Å². The topological polar surface area (TPSA) is 75.4 Å². The summed E-state index contributed by atoms with van der Waals surface area (Å²) in [6.45, 7) is 4.60. The van der Waals surface area contributed by atoms with Gasteiger partial charge in [0.15, 0.2) is 0 Å². The van der Waals surface area contributed by atoms with E-state index in [1.165, 1.54) is 0 Å². The Labute approximate surface area is 115 Å². The zero-order valence-electron chi connectivity index (χ0n) is 11.6. The maximum atomic E-state index is 12.0. The third-order valence-electron chi connectivity index (χ3n) is 2.99. The first-order valence-corrected chi connectivity index (χ1v) is 7.95. The molecule has 108 valence electrons. The molecule has 0 amide bonds. The van der Waals surface area contributed by atoms with Gasteiger partial charge in [-0.25, -0.2) is 13.1 Å². The van der Waals surface area contributed by atoms with Gasteiger partial charge in [-0.2, -0.15) is 0 Å². The monoisotopic (exact) mass is 285 g/mol. The number of nitrogens with one attached hydrogen (secondary N) is 1. The molecule has 0 spiro atoms. The minimum Gasteiger partial charge on any atom is -0.330 e. The summed E-state index contributed by atoms with van der Waals surface area (Å²) in [6, 6.07) is 6.85. The fourth-order valence-corrected chi connectivity index (χ4v) is 2.64. The first-order valence-electron chi connectivity index (χ1n) is 6.47. The molecule has 0 radical (unpaired) electrons. The molecule has 5 nitrogen and oxygen atoms in total. The molecule has 0 aliphatic heterocycles. The van der Waals surface area contributed by atoms with E-state index in [1.807, 2.05) is 18.9 Å². The van der Waals surface area contributed by atoms with Crippen molar-refractivity contribution in [3.8, 4) is 0 Å². The number of hydrogen-bond acceptors (Lipinski definition) is 4. The zero-order chi connectivity index (χ0) is 14.3. The summed E-state index contributed by atoms with van der Waals surface area (Å²) in [5, 5.41) is 0. The van der Waals surface area contributed by atoms with Gasteiger partial charge >= 0.3 is 0 Å². The highest BCUT2D eigenvalue weighted by Gasteiger charge is 2.13. The van der Waals surface area contributed by atoms with Crippen molar-refractivity contribution in [1.29, 1.82) is 0 Å². The van der Waals surface area contributed by atoms with Crippen LogP contribution in [0.15, 0.2) is 29.2 Å². The highest BCUT2D eigenvalue weighted by molar-refractivity contribution is 7.89. The van der Waals surface area contributed by atoms with Crippen LogP contribution in [-0.2, 0) is 16.4 Å². The number of benzene rings is 1. The number of nitrogens with zero attached hydrogens (tertiary/aromatic N) is 1. The normalized spacial score (nSPS) is 12.0. The Morgan fingerprint density at radius 3 is 2.42 bits per heavy atom. The lowest BCUT2D eigenvalue weighted by molar-refractivity contribution is 0.358. The molecule has 0 saturated heterocycles. The van der Waals surface area contributed by atoms with E-state index in [-0.39, 0.29) is 0 Å². The number of nitrogens with two attached hydrogens (primary N) is 1. The van der Waals surface area contributed by atoms with Gasteiger partial charge in [0.05, 0.1) is 4.90 Å². The van der Waals surface area contributed by atoms with Gasteiger partial charge in [-0.1, -0.05) is 19.1 Å². The average Bonchev–Trinajstić information content (AvgIpc) is 2.39. The molecule has 0 heterocycles. The molecule has 0 fully saturated rings. The average molecular weight is 285 g/mol. The lowest BCUT2D eigenvalue weighted by Gasteiger charge is -2.14. The maximum absolute atomic E-state index is 12.0. The molecule has 0 aliphatic rings. The lowest BCUT2D eigenvalue weighted by Crippen LogP contribution is -2.32. The molecule has 1 aromatic rings. The maximum Gasteiger partial charge on any atom is 0.240 e. The molecule has 1 rings (SSSR count). The van der Waals surface area contributed by atoms with Gasteiger partial charge in [0.2, 0.25) is 10.0 Å². The van der Waals surface area contributed by atoms with E-state index in [0.29, 0.717) is 24.5 Å². The Balaban J connectivity index is 2.61. The van der Waals surface area contributed by atoms with Crippen molar-refractivity contribution in [2.45, 2.75) is 18.2 Å². The van der Waals surface area contributed by atoms with Gasteiger partial charge in [0.1, 0.15) is 0 Å². The molecular formula is C13H23N3O2S. The van der Waals surface area contributed by atoms with Crippen LogP contribution in [0, 0.1) is 0 Å². The van der Waals surface area contributed by atoms with Crippen molar-refractivity contribution in [3.05, 3.63) is 29.8 Å². The predicted octanol–water partition coefficient (Wildman–Crippen LogP) is 0.418. The molecule has 0 bridgehead atoms. The second-order valence-corrected chi connectivity index (χ2v) is 6.24. The van der Waals surface area contributed by atoms with Crippen LogP contribution < -0.4 is 10.5 Å². The van der Waals surface area contributed by atoms with E-state index in [1.54, 1.807) is 24.3 Å². The fourth-order valence-electron chi connectivity index (χ4n) is 1.61. The Hall–Kier alpha value is -0.950. The van der Waals surface area contributed by atoms with Crippen molar-refractivity contribution < 1.29 is 8.42 Å². The minimum absolute atomic E-state index is 0.299. The Morgan fingerprint density at radius 1 is 1.26 bits per heavy atom. The molecule has 3 N–H and O–H groups in total. The van der Waals surface area contributed by atoms with E-state index >= 15 is 0 Å². The number of sulfonamides is 1. The molecule has 0 saturated carbocycles. The smallest absolute Gasteiger partial charge is 0.240 e. The van der Waals surface area contributed by atoms with E-state index in [0.717, 1.165) is 18.5 Å². The molecule has 6 heteroatoms. The van der Waals surface area contributed by atoms with Gasteiger partial charge in [-0.15, -0.1) is 0 Å². The van der Waals surface area contributed by atoms with Crippen molar-refractivity contribution >= 4 is 10.0 Å². The van der Waals surface area contributed by atoms with Crippen molar-refractivity contribution in [2.75, 3.05) is 33.2 Å². The summed E-state index contributed by atoms with van der Waals surface area (Å²) >= 11 is 0. The third-order valence-corrected chi connectivity index (χ3v) is 4.47. The molecule has 0 aromatic heterocycles. The van der Waals surface area contributed by atoms with E-state index in [9.17, 15) is 8.42 Å². The van der Waals surface area contributed by atoms with Crippen LogP contribution in [0.2, 0.25) is 0 Å². The van der Waals surface area contributed by atoms with Gasteiger partial charge in [-0.3, -0.25) is 0 Å². The van der Waals surface area contributed by atoms with Gasteiger partial charge < -0.3 is 10.6 Å². The van der Waals surface area contributed by atoms with Crippen LogP contribution in [-0.4, -0.2) is 46.5 Å². The summed E-state index contributed by atoms with van der Waals surface area (Å²) in [6.07, 6.45) is 0.759. The summed E-state index contributed by atoms with van der Waals surface area (Å²) in [5.74, 6) is 0.